The van der Waals surface area contributed by atoms with Crippen LogP contribution in [0.4, 0.5) is 9.18 Å². The number of ether oxygens (including phenoxy) is 1. The van der Waals surface area contributed by atoms with E-state index in [-0.39, 0.29) is 35.5 Å². The maximum absolute atomic E-state index is 12.9. The van der Waals surface area contributed by atoms with E-state index in [1.165, 1.54) is 5.56 Å². The molecule has 0 aliphatic heterocycles. The van der Waals surface area contributed by atoms with Crippen molar-refractivity contribution in [3.63, 3.8) is 0 Å². The summed E-state index contributed by atoms with van der Waals surface area (Å²) in [6, 6.07) is 7.91. The van der Waals surface area contributed by atoms with E-state index in [1.807, 2.05) is 12.1 Å². The Kier molecular flexibility index (Phi) is 6.45. The minimum absolute atomic E-state index is 0.0179. The Morgan fingerprint density at radius 1 is 1.14 bits per heavy atom. The average Bonchev–Trinajstić information content (AvgIpc) is 3.06. The van der Waals surface area contributed by atoms with Crippen molar-refractivity contribution in [3.8, 4) is 5.75 Å². The van der Waals surface area contributed by atoms with Gasteiger partial charge < -0.3 is 20.5 Å². The lowest BCUT2D eigenvalue weighted by atomic mass is 9.62. The molecule has 158 valence electrons. The van der Waals surface area contributed by atoms with Crippen molar-refractivity contribution in [1.29, 1.82) is 0 Å². The Bertz CT molecular complexity index is 768. The number of hydrogen-bond acceptors (Lipinski definition) is 3. The van der Waals surface area contributed by atoms with Crippen LogP contribution in [-0.4, -0.2) is 37.3 Å². The van der Waals surface area contributed by atoms with Crippen LogP contribution in [0.25, 0.3) is 0 Å². The molecule has 3 fully saturated rings. The summed E-state index contributed by atoms with van der Waals surface area (Å²) in [5, 5.41) is 13.6. The third-order valence-corrected chi connectivity index (χ3v) is 6.70. The van der Waals surface area contributed by atoms with Gasteiger partial charge >= 0.3 is 6.09 Å². The Balaban J connectivity index is 1.63. The Morgan fingerprint density at radius 2 is 1.83 bits per heavy atom. The molecule has 3 aliphatic rings. The maximum atomic E-state index is 12.9. The molecule has 7 heteroatoms. The van der Waals surface area contributed by atoms with E-state index >= 15 is 0 Å². The second-order valence-electron chi connectivity index (χ2n) is 8.23. The lowest BCUT2D eigenvalue weighted by Gasteiger charge is -2.42. The number of hydrogen-bond donors (Lipinski definition) is 3. The lowest BCUT2D eigenvalue weighted by molar-refractivity contribution is -0.132. The van der Waals surface area contributed by atoms with Crippen LogP contribution in [0.1, 0.15) is 50.5 Å². The van der Waals surface area contributed by atoms with Gasteiger partial charge in [0.1, 0.15) is 12.4 Å². The number of benzene rings is 1. The van der Waals surface area contributed by atoms with Gasteiger partial charge in [0.15, 0.2) is 0 Å². The Hall–Kier alpha value is -2.57. The highest BCUT2D eigenvalue weighted by Gasteiger charge is 2.49. The van der Waals surface area contributed by atoms with Crippen molar-refractivity contribution in [2.24, 2.45) is 5.41 Å². The van der Waals surface area contributed by atoms with Crippen molar-refractivity contribution >= 4 is 12.0 Å². The highest BCUT2D eigenvalue weighted by atomic mass is 19.1. The van der Waals surface area contributed by atoms with Crippen molar-refractivity contribution < 1.29 is 23.8 Å². The fourth-order valence-electron chi connectivity index (χ4n) is 4.90. The molecule has 0 unspecified atom stereocenters. The molecule has 0 heterocycles. The number of nitrogens with one attached hydrogen (secondary N) is 2. The smallest absolute Gasteiger partial charge is 0.404 e. The molecule has 0 saturated heterocycles. The molecule has 1 aromatic carbocycles. The zero-order valence-corrected chi connectivity index (χ0v) is 16.8. The van der Waals surface area contributed by atoms with Crippen LogP contribution < -0.4 is 15.4 Å². The van der Waals surface area contributed by atoms with E-state index in [2.05, 4.69) is 22.8 Å². The minimum atomic E-state index is -1.20. The first-order valence-electron chi connectivity index (χ1n) is 10.1. The molecule has 3 N–H and O–H groups in total. The zero-order valence-electron chi connectivity index (χ0n) is 16.8. The number of carbonyl (C=O) groups is 2. The van der Waals surface area contributed by atoms with Crippen molar-refractivity contribution in [2.45, 2.75) is 50.4 Å². The normalized spacial score (nSPS) is 26.5. The van der Waals surface area contributed by atoms with Crippen LogP contribution in [-0.2, 0) is 10.2 Å². The number of halogens is 1. The molecule has 3 saturated carbocycles. The number of rotatable bonds is 7. The van der Waals surface area contributed by atoms with Gasteiger partial charge in [0, 0.05) is 24.6 Å². The molecule has 0 atom stereocenters. The van der Waals surface area contributed by atoms with E-state index < -0.39 is 6.09 Å². The lowest BCUT2D eigenvalue weighted by Crippen LogP contribution is -2.43. The van der Waals surface area contributed by atoms with Crippen LogP contribution >= 0.6 is 0 Å². The van der Waals surface area contributed by atoms with Gasteiger partial charge in [-0.2, -0.15) is 0 Å². The van der Waals surface area contributed by atoms with E-state index in [9.17, 15) is 14.0 Å². The van der Waals surface area contributed by atoms with Gasteiger partial charge in [-0.1, -0.05) is 18.6 Å². The summed E-state index contributed by atoms with van der Waals surface area (Å²) in [4.78, 5) is 22.9. The van der Waals surface area contributed by atoms with Gasteiger partial charge in [-0.05, 0) is 61.6 Å². The summed E-state index contributed by atoms with van der Waals surface area (Å²) < 4.78 is 18.5. The third-order valence-electron chi connectivity index (χ3n) is 6.70. The van der Waals surface area contributed by atoms with Gasteiger partial charge in [0.2, 0.25) is 5.91 Å². The highest BCUT2D eigenvalue weighted by molar-refractivity contribution is 5.82. The first-order valence-corrected chi connectivity index (χ1v) is 10.1. The molecule has 2 bridgehead atoms. The highest BCUT2D eigenvalue weighted by Crippen LogP contribution is 2.55. The summed E-state index contributed by atoms with van der Waals surface area (Å²) in [5.41, 5.74) is 1.40. The molecule has 4 rings (SSSR count). The largest absolute Gasteiger partial charge is 0.489 e. The Morgan fingerprint density at radius 3 is 2.41 bits per heavy atom. The molecule has 29 heavy (non-hydrogen) atoms. The predicted molar refractivity (Wildman–Crippen MR) is 108 cm³/mol. The number of fused-ring (bicyclic) bond motifs is 4. The van der Waals surface area contributed by atoms with Crippen LogP contribution in [0.5, 0.6) is 5.75 Å². The predicted octanol–water partition coefficient (Wildman–Crippen LogP) is 3.91. The van der Waals surface area contributed by atoms with E-state index in [1.54, 1.807) is 7.05 Å². The summed E-state index contributed by atoms with van der Waals surface area (Å²) in [6.07, 6.45) is 6.12. The SMILES string of the molecule is CNC(=O)C12CCCC(c3ccc(OCC(=CF)CNC(=O)O)cc3)(CC1)CC2. The summed E-state index contributed by atoms with van der Waals surface area (Å²) >= 11 is 0. The number of carbonyl (C=O) groups excluding carboxylic acids is 1. The van der Waals surface area contributed by atoms with Crippen molar-refractivity contribution in [1.82, 2.24) is 10.6 Å². The molecule has 0 spiro atoms. The second-order valence-corrected chi connectivity index (χ2v) is 8.23. The fourth-order valence-corrected chi connectivity index (χ4v) is 4.90. The van der Waals surface area contributed by atoms with E-state index in [4.69, 9.17) is 9.84 Å². The van der Waals surface area contributed by atoms with Crippen LogP contribution in [0, 0.1) is 5.41 Å². The standard InChI is InChI=1S/C22H29FN2O4/c1-24-19(26)22-8-2-7-21(9-11-22,10-12-22)17-3-5-18(6-4-17)29-15-16(13-23)14-25-20(27)28/h3-6,13,25H,2,7-12,14-15H2,1H3,(H,24,26)(H,27,28). The van der Waals surface area contributed by atoms with Gasteiger partial charge in [0.05, 0.1) is 6.33 Å². The topological polar surface area (TPSA) is 87.7 Å². The van der Waals surface area contributed by atoms with Gasteiger partial charge in [-0.25, -0.2) is 9.18 Å². The molecule has 1 aromatic rings. The molecular formula is C22H29FN2O4. The van der Waals surface area contributed by atoms with Crippen molar-refractivity contribution in [2.75, 3.05) is 20.2 Å². The van der Waals surface area contributed by atoms with E-state index in [0.29, 0.717) is 12.1 Å². The molecular weight excluding hydrogens is 375 g/mol. The first kappa shape index (κ1) is 21.1. The van der Waals surface area contributed by atoms with Gasteiger partial charge in [0.25, 0.3) is 0 Å². The summed E-state index contributed by atoms with van der Waals surface area (Å²) in [5.74, 6) is 0.801. The summed E-state index contributed by atoms with van der Waals surface area (Å²) in [6.45, 7) is -0.129. The summed E-state index contributed by atoms with van der Waals surface area (Å²) in [7, 11) is 1.73. The molecule has 2 amide bonds. The third kappa shape index (κ3) is 4.54. The second kappa shape index (κ2) is 8.84. The molecule has 6 nitrogen and oxygen atoms in total. The minimum Gasteiger partial charge on any atom is -0.489 e. The maximum Gasteiger partial charge on any atom is 0.404 e. The quantitative estimate of drug-likeness (QED) is 0.643. The molecule has 3 aliphatic carbocycles. The first-order chi connectivity index (χ1) is 13.9. The zero-order chi connectivity index (χ0) is 20.9. The van der Waals surface area contributed by atoms with Gasteiger partial charge in [-0.3, -0.25) is 4.79 Å². The van der Waals surface area contributed by atoms with Crippen molar-refractivity contribution in [3.05, 3.63) is 41.7 Å². The molecule has 0 radical (unpaired) electrons. The van der Waals surface area contributed by atoms with E-state index in [0.717, 1.165) is 44.9 Å². The average molecular weight is 404 g/mol. The van der Waals surface area contributed by atoms with Crippen LogP contribution in [0.3, 0.4) is 0 Å². The van der Waals surface area contributed by atoms with Crippen LogP contribution in [0.15, 0.2) is 36.2 Å². The number of carboxylic acid groups (broad SMARTS) is 1. The van der Waals surface area contributed by atoms with Gasteiger partial charge in [-0.15, -0.1) is 0 Å². The monoisotopic (exact) mass is 404 g/mol. The fraction of sp³-hybridized carbons (Fsp3) is 0.545. The number of amides is 2. The molecule has 0 aromatic heterocycles. The van der Waals surface area contributed by atoms with Crippen LogP contribution in [0.2, 0.25) is 0 Å². The Labute approximate surface area is 170 Å².